The molecule has 1 atom stereocenters. The zero-order chi connectivity index (χ0) is 16.9. The van der Waals surface area contributed by atoms with Crippen LogP contribution in [0.1, 0.15) is 44.8 Å². The van der Waals surface area contributed by atoms with Crippen molar-refractivity contribution in [2.45, 2.75) is 51.0 Å². The zero-order valence-electron chi connectivity index (χ0n) is 12.8. The molecule has 2 N–H and O–H groups in total. The number of nitrogens with two attached hydrogens (primary N) is 1. The molecule has 122 valence electrons. The predicted molar refractivity (Wildman–Crippen MR) is 74.4 cm³/mol. The lowest BCUT2D eigenvalue weighted by Crippen LogP contribution is -2.41. The van der Waals surface area contributed by atoms with Crippen LogP contribution in [0.5, 0.6) is 0 Å². The van der Waals surface area contributed by atoms with Gasteiger partial charge in [-0.25, -0.2) is 4.39 Å². The smallest absolute Gasteiger partial charge is 0.402 e. The first-order valence-electron chi connectivity index (χ1n) is 6.83. The van der Waals surface area contributed by atoms with Gasteiger partial charge in [-0.3, -0.25) is 0 Å². The average molecular weight is 319 g/mol. The summed E-state index contributed by atoms with van der Waals surface area (Å²) in [4.78, 5) is 0. The first kappa shape index (κ1) is 17.2. The van der Waals surface area contributed by atoms with Crippen LogP contribution in [0.25, 0.3) is 0 Å². The van der Waals surface area contributed by atoms with E-state index in [9.17, 15) is 17.6 Å². The van der Waals surface area contributed by atoms with Gasteiger partial charge in [0.15, 0.2) is 0 Å². The number of hydrogen-bond donors (Lipinski definition) is 1. The van der Waals surface area contributed by atoms with Gasteiger partial charge in [0.05, 0.1) is 22.7 Å². The number of rotatable bonds is 2. The normalized spacial score (nSPS) is 22.0. The summed E-state index contributed by atoms with van der Waals surface area (Å²) in [6.45, 7) is 6.97. The largest absolute Gasteiger partial charge is 0.480 e. The lowest BCUT2D eigenvalue weighted by molar-refractivity contribution is -0.138. The maximum absolute atomic E-state index is 14.0. The third kappa shape index (κ3) is 2.87. The summed E-state index contributed by atoms with van der Waals surface area (Å²) in [6.07, 6.45) is -4.71. The van der Waals surface area contributed by atoms with Crippen molar-refractivity contribution in [3.63, 3.8) is 0 Å². The van der Waals surface area contributed by atoms with E-state index in [0.29, 0.717) is 0 Å². The third-order valence-electron chi connectivity index (χ3n) is 4.26. The Hall–Kier alpha value is -1.12. The van der Waals surface area contributed by atoms with Crippen molar-refractivity contribution in [3.05, 3.63) is 35.1 Å². The Labute approximate surface area is 126 Å². The first-order chi connectivity index (χ1) is 9.87. The number of halogens is 4. The van der Waals surface area contributed by atoms with Crippen LogP contribution in [0.2, 0.25) is 0 Å². The Balaban J connectivity index is 2.42. The summed E-state index contributed by atoms with van der Waals surface area (Å²) < 4.78 is 64.4. The Morgan fingerprint density at radius 1 is 1.09 bits per heavy atom. The van der Waals surface area contributed by atoms with E-state index in [0.717, 1.165) is 18.2 Å². The summed E-state index contributed by atoms with van der Waals surface area (Å²) in [5, 5.41) is 0. The minimum Gasteiger partial charge on any atom is -0.402 e. The van der Waals surface area contributed by atoms with Gasteiger partial charge in [0, 0.05) is 5.56 Å². The summed E-state index contributed by atoms with van der Waals surface area (Å²) in [5.74, 6) is -2.42. The van der Waals surface area contributed by atoms with Crippen molar-refractivity contribution in [1.29, 1.82) is 0 Å². The minimum atomic E-state index is -4.71. The Bertz CT molecular complexity index is 558. The molecule has 0 unspecified atom stereocenters. The minimum absolute atomic E-state index is 0.645. The highest BCUT2D eigenvalue weighted by molar-refractivity contribution is 6.47. The molecule has 22 heavy (non-hydrogen) atoms. The van der Waals surface area contributed by atoms with Crippen LogP contribution < -0.4 is 5.73 Å². The van der Waals surface area contributed by atoms with Gasteiger partial charge < -0.3 is 15.0 Å². The van der Waals surface area contributed by atoms with E-state index in [1.54, 1.807) is 27.7 Å². The molecule has 0 saturated carbocycles. The van der Waals surface area contributed by atoms with Crippen molar-refractivity contribution < 1.29 is 26.9 Å². The summed E-state index contributed by atoms with van der Waals surface area (Å²) >= 11 is 0. The van der Waals surface area contributed by atoms with E-state index in [-0.39, 0.29) is 0 Å². The predicted octanol–water partition coefficient (Wildman–Crippen LogP) is 3.48. The van der Waals surface area contributed by atoms with Crippen molar-refractivity contribution in [2.24, 2.45) is 5.73 Å². The van der Waals surface area contributed by atoms with Crippen molar-refractivity contribution >= 4 is 7.12 Å². The summed E-state index contributed by atoms with van der Waals surface area (Å²) in [5.41, 5.74) is 2.56. The molecular weight excluding hydrogens is 301 g/mol. The molecule has 1 heterocycles. The van der Waals surface area contributed by atoms with Gasteiger partial charge in [-0.2, -0.15) is 13.2 Å². The van der Waals surface area contributed by atoms with Crippen LogP contribution in [0.3, 0.4) is 0 Å². The van der Waals surface area contributed by atoms with E-state index in [1.807, 2.05) is 0 Å². The second-order valence-corrected chi connectivity index (χ2v) is 6.35. The lowest BCUT2D eigenvalue weighted by Gasteiger charge is -2.32. The van der Waals surface area contributed by atoms with Gasteiger partial charge in [0.25, 0.3) is 0 Å². The van der Waals surface area contributed by atoms with E-state index < -0.39 is 47.4 Å². The Kier molecular flexibility index (Phi) is 4.09. The van der Waals surface area contributed by atoms with E-state index in [1.165, 1.54) is 0 Å². The fourth-order valence-electron chi connectivity index (χ4n) is 2.29. The van der Waals surface area contributed by atoms with Crippen LogP contribution in [0.4, 0.5) is 17.6 Å². The first-order valence-corrected chi connectivity index (χ1v) is 6.83. The third-order valence-corrected chi connectivity index (χ3v) is 4.26. The molecule has 0 spiro atoms. The second kappa shape index (κ2) is 5.21. The van der Waals surface area contributed by atoms with Gasteiger partial charge in [0.1, 0.15) is 5.82 Å². The SMILES string of the molecule is CC1(C)OB([C@@H](N)c2c(F)cccc2C(F)(F)F)OC1(C)C. The molecule has 1 aromatic carbocycles. The average Bonchev–Trinajstić information content (AvgIpc) is 2.56. The van der Waals surface area contributed by atoms with Crippen molar-refractivity contribution in [3.8, 4) is 0 Å². The maximum atomic E-state index is 14.0. The number of benzene rings is 1. The molecule has 1 aromatic rings. The van der Waals surface area contributed by atoms with Gasteiger partial charge in [-0.1, -0.05) is 6.07 Å². The lowest BCUT2D eigenvalue weighted by atomic mass is 9.73. The van der Waals surface area contributed by atoms with Crippen LogP contribution in [-0.4, -0.2) is 18.3 Å². The molecule has 1 fully saturated rings. The molecule has 0 aliphatic carbocycles. The molecule has 1 aliphatic rings. The molecule has 0 radical (unpaired) electrons. The van der Waals surface area contributed by atoms with Gasteiger partial charge >= 0.3 is 13.3 Å². The molecular formula is C14H18BF4NO2. The topological polar surface area (TPSA) is 44.5 Å². The zero-order valence-corrected chi connectivity index (χ0v) is 12.8. The summed E-state index contributed by atoms with van der Waals surface area (Å²) in [7, 11) is -1.16. The molecule has 1 aliphatic heterocycles. The Morgan fingerprint density at radius 2 is 1.59 bits per heavy atom. The molecule has 0 bridgehead atoms. The summed E-state index contributed by atoms with van der Waals surface area (Å²) in [6, 6.07) is 2.73. The van der Waals surface area contributed by atoms with Crippen molar-refractivity contribution in [2.75, 3.05) is 0 Å². The fraction of sp³-hybridized carbons (Fsp3) is 0.571. The number of hydrogen-bond acceptors (Lipinski definition) is 3. The van der Waals surface area contributed by atoms with Crippen LogP contribution in [-0.2, 0) is 15.5 Å². The van der Waals surface area contributed by atoms with E-state index >= 15 is 0 Å². The molecule has 3 nitrogen and oxygen atoms in total. The van der Waals surface area contributed by atoms with E-state index in [2.05, 4.69) is 0 Å². The maximum Gasteiger partial charge on any atom is 0.480 e. The highest BCUT2D eigenvalue weighted by Crippen LogP contribution is 2.42. The quantitative estimate of drug-likeness (QED) is 0.670. The van der Waals surface area contributed by atoms with Gasteiger partial charge in [-0.05, 0) is 39.8 Å². The molecule has 8 heteroatoms. The van der Waals surface area contributed by atoms with E-state index in [4.69, 9.17) is 15.0 Å². The standard InChI is InChI=1S/C14H18BF4NO2/c1-12(2)13(3,4)22-15(21-12)11(20)10-8(14(17,18)19)6-5-7-9(10)16/h5-7,11H,20H2,1-4H3/t11-/m0/s1. The number of alkyl halides is 3. The molecule has 1 saturated heterocycles. The monoisotopic (exact) mass is 319 g/mol. The van der Waals surface area contributed by atoms with Crippen LogP contribution >= 0.6 is 0 Å². The van der Waals surface area contributed by atoms with Crippen LogP contribution in [0.15, 0.2) is 18.2 Å². The molecule has 2 rings (SSSR count). The highest BCUT2D eigenvalue weighted by Gasteiger charge is 2.54. The molecule has 0 aromatic heterocycles. The second-order valence-electron chi connectivity index (χ2n) is 6.35. The Morgan fingerprint density at radius 3 is 2.05 bits per heavy atom. The van der Waals surface area contributed by atoms with Gasteiger partial charge in [-0.15, -0.1) is 0 Å². The van der Waals surface area contributed by atoms with Gasteiger partial charge in [0.2, 0.25) is 0 Å². The fourth-order valence-corrected chi connectivity index (χ4v) is 2.29. The van der Waals surface area contributed by atoms with Crippen molar-refractivity contribution in [1.82, 2.24) is 0 Å². The highest BCUT2D eigenvalue weighted by atomic mass is 19.4. The van der Waals surface area contributed by atoms with Crippen LogP contribution in [0, 0.1) is 5.82 Å². The molecule has 0 amide bonds.